The van der Waals surface area contributed by atoms with Gasteiger partial charge in [-0.15, -0.1) is 0 Å². The molecular weight excluding hydrogens is 340 g/mol. The molecule has 0 N–H and O–H groups in total. The van der Waals surface area contributed by atoms with Gasteiger partial charge < -0.3 is 4.90 Å². The van der Waals surface area contributed by atoms with Gasteiger partial charge >= 0.3 is 0 Å². The number of amides is 1. The highest BCUT2D eigenvalue weighted by Gasteiger charge is 2.17. The molecule has 2 aromatic heterocycles. The number of aryl methyl sites for hydroxylation is 1. The summed E-state index contributed by atoms with van der Waals surface area (Å²) in [6.45, 7) is 4.32. The second-order valence-corrected chi connectivity index (χ2v) is 6.53. The van der Waals surface area contributed by atoms with Gasteiger partial charge in [0.25, 0.3) is 5.56 Å². The van der Waals surface area contributed by atoms with Gasteiger partial charge in [-0.3, -0.25) is 14.0 Å². The SMILES string of the molecule is CCN(C(=O)Cn1ncn2c(cc3ccccc32)c1=O)c1cccc(C)c1. The summed E-state index contributed by atoms with van der Waals surface area (Å²) >= 11 is 0. The fraction of sp³-hybridized carbons (Fsp3) is 0.190. The maximum atomic E-state index is 12.8. The van der Waals surface area contributed by atoms with Crippen LogP contribution in [-0.4, -0.2) is 26.6 Å². The largest absolute Gasteiger partial charge is 0.311 e. The number of carbonyl (C=O) groups excluding carboxylic acids is 1. The van der Waals surface area contributed by atoms with E-state index in [0.717, 1.165) is 22.2 Å². The molecule has 4 rings (SSSR count). The molecule has 1 amide bonds. The highest BCUT2D eigenvalue weighted by molar-refractivity contribution is 5.93. The van der Waals surface area contributed by atoms with Gasteiger partial charge in [-0.05, 0) is 43.7 Å². The Balaban J connectivity index is 1.70. The van der Waals surface area contributed by atoms with E-state index in [2.05, 4.69) is 5.10 Å². The highest BCUT2D eigenvalue weighted by Crippen LogP contribution is 2.18. The fourth-order valence-electron chi connectivity index (χ4n) is 3.39. The summed E-state index contributed by atoms with van der Waals surface area (Å²) in [5, 5.41) is 5.18. The number of hydrogen-bond acceptors (Lipinski definition) is 3. The van der Waals surface area contributed by atoms with E-state index >= 15 is 0 Å². The van der Waals surface area contributed by atoms with Crippen molar-refractivity contribution in [1.29, 1.82) is 0 Å². The van der Waals surface area contributed by atoms with Gasteiger partial charge in [-0.2, -0.15) is 5.10 Å². The molecule has 2 heterocycles. The molecule has 0 bridgehead atoms. The average Bonchev–Trinajstić information content (AvgIpc) is 3.04. The van der Waals surface area contributed by atoms with Crippen molar-refractivity contribution in [3.8, 4) is 0 Å². The Hall–Kier alpha value is -3.41. The average molecular weight is 360 g/mol. The quantitative estimate of drug-likeness (QED) is 0.562. The van der Waals surface area contributed by atoms with E-state index in [1.165, 1.54) is 4.68 Å². The molecular formula is C21H20N4O2. The van der Waals surface area contributed by atoms with Crippen LogP contribution in [0, 0.1) is 6.92 Å². The predicted molar refractivity (Wildman–Crippen MR) is 106 cm³/mol. The molecule has 0 unspecified atom stereocenters. The number of nitrogens with zero attached hydrogens (tertiary/aromatic N) is 4. The topological polar surface area (TPSA) is 59.6 Å². The molecule has 0 radical (unpaired) electrons. The van der Waals surface area contributed by atoms with Crippen LogP contribution in [0.3, 0.4) is 0 Å². The lowest BCUT2D eigenvalue weighted by atomic mass is 10.2. The number of aromatic nitrogens is 3. The Kier molecular flexibility index (Phi) is 4.24. The molecule has 0 saturated carbocycles. The normalized spacial score (nSPS) is 11.2. The summed E-state index contributed by atoms with van der Waals surface area (Å²) in [7, 11) is 0. The summed E-state index contributed by atoms with van der Waals surface area (Å²) in [5.74, 6) is -0.168. The van der Waals surface area contributed by atoms with Crippen molar-refractivity contribution in [2.45, 2.75) is 20.4 Å². The molecule has 0 aliphatic rings. The lowest BCUT2D eigenvalue weighted by molar-refractivity contribution is -0.119. The summed E-state index contributed by atoms with van der Waals surface area (Å²) in [6.07, 6.45) is 1.59. The first kappa shape index (κ1) is 17.0. The van der Waals surface area contributed by atoms with Crippen molar-refractivity contribution < 1.29 is 4.79 Å². The number of hydrogen-bond donors (Lipinski definition) is 0. The van der Waals surface area contributed by atoms with Crippen LogP contribution in [0.25, 0.3) is 16.4 Å². The third kappa shape index (κ3) is 2.99. The molecule has 0 saturated heterocycles. The summed E-state index contributed by atoms with van der Waals surface area (Å²) in [4.78, 5) is 27.3. The van der Waals surface area contributed by atoms with E-state index in [1.54, 1.807) is 15.6 Å². The zero-order chi connectivity index (χ0) is 19.0. The van der Waals surface area contributed by atoms with Crippen molar-refractivity contribution in [1.82, 2.24) is 14.2 Å². The minimum Gasteiger partial charge on any atom is -0.311 e. The van der Waals surface area contributed by atoms with Crippen molar-refractivity contribution in [2.75, 3.05) is 11.4 Å². The maximum Gasteiger partial charge on any atom is 0.291 e. The number of likely N-dealkylation sites (N-methyl/N-ethyl adjacent to an activating group) is 1. The molecule has 0 aliphatic heterocycles. The number of carbonyl (C=O) groups is 1. The first-order chi connectivity index (χ1) is 13.1. The van der Waals surface area contributed by atoms with Crippen LogP contribution in [-0.2, 0) is 11.3 Å². The Morgan fingerprint density at radius 1 is 1.07 bits per heavy atom. The summed E-state index contributed by atoms with van der Waals surface area (Å²) < 4.78 is 2.99. The lowest BCUT2D eigenvalue weighted by Crippen LogP contribution is -2.37. The molecule has 27 heavy (non-hydrogen) atoms. The molecule has 0 fully saturated rings. The monoisotopic (exact) mass is 360 g/mol. The number of benzene rings is 2. The van der Waals surface area contributed by atoms with Crippen LogP contribution < -0.4 is 10.5 Å². The molecule has 2 aromatic carbocycles. The molecule has 0 atom stereocenters. The van der Waals surface area contributed by atoms with Crippen LogP contribution in [0.15, 0.2) is 65.7 Å². The molecule has 0 aliphatic carbocycles. The molecule has 0 spiro atoms. The van der Waals surface area contributed by atoms with Gasteiger partial charge in [0, 0.05) is 17.6 Å². The van der Waals surface area contributed by atoms with Crippen molar-refractivity contribution >= 4 is 28.0 Å². The van der Waals surface area contributed by atoms with E-state index in [0.29, 0.717) is 12.1 Å². The number of fused-ring (bicyclic) bond motifs is 3. The minimum atomic E-state index is -0.276. The van der Waals surface area contributed by atoms with Gasteiger partial charge in [0.15, 0.2) is 0 Å². The van der Waals surface area contributed by atoms with E-state index in [4.69, 9.17) is 0 Å². The van der Waals surface area contributed by atoms with Gasteiger partial charge in [0.2, 0.25) is 5.91 Å². The zero-order valence-corrected chi connectivity index (χ0v) is 15.3. The number of anilines is 1. The number of rotatable bonds is 4. The van der Waals surface area contributed by atoms with Gasteiger partial charge in [-0.25, -0.2) is 4.68 Å². The van der Waals surface area contributed by atoms with Crippen molar-refractivity contribution in [3.63, 3.8) is 0 Å². The van der Waals surface area contributed by atoms with Crippen LogP contribution in [0.5, 0.6) is 0 Å². The fourth-order valence-corrected chi connectivity index (χ4v) is 3.39. The Morgan fingerprint density at radius 2 is 1.89 bits per heavy atom. The van der Waals surface area contributed by atoms with Gasteiger partial charge in [-0.1, -0.05) is 30.3 Å². The second kappa shape index (κ2) is 6.72. The lowest BCUT2D eigenvalue weighted by Gasteiger charge is -2.21. The standard InChI is InChI=1S/C21H20N4O2/c1-3-23(17-9-6-7-15(2)11-17)20(26)13-25-21(27)19-12-16-8-4-5-10-18(16)24(19)14-22-25/h4-12,14H,3,13H2,1-2H3. The van der Waals surface area contributed by atoms with Gasteiger partial charge in [0.1, 0.15) is 18.4 Å². The van der Waals surface area contributed by atoms with Crippen LogP contribution in [0.4, 0.5) is 5.69 Å². The Labute approximate surface area is 156 Å². The Morgan fingerprint density at radius 3 is 2.67 bits per heavy atom. The molecule has 4 aromatic rings. The summed E-state index contributed by atoms with van der Waals surface area (Å²) in [5.41, 5.74) is 3.06. The van der Waals surface area contributed by atoms with Gasteiger partial charge in [0.05, 0.1) is 5.52 Å². The smallest absolute Gasteiger partial charge is 0.291 e. The predicted octanol–water partition coefficient (Wildman–Crippen LogP) is 3.01. The number of para-hydroxylation sites is 1. The first-order valence-electron chi connectivity index (χ1n) is 8.91. The highest BCUT2D eigenvalue weighted by atomic mass is 16.2. The third-order valence-electron chi connectivity index (χ3n) is 4.72. The zero-order valence-electron chi connectivity index (χ0n) is 15.3. The molecule has 6 heteroatoms. The minimum absolute atomic E-state index is 0.0986. The maximum absolute atomic E-state index is 12.8. The third-order valence-corrected chi connectivity index (χ3v) is 4.72. The van der Waals surface area contributed by atoms with Crippen molar-refractivity contribution in [2.24, 2.45) is 0 Å². The summed E-state index contributed by atoms with van der Waals surface area (Å²) in [6, 6.07) is 17.3. The molecule has 6 nitrogen and oxygen atoms in total. The first-order valence-corrected chi connectivity index (χ1v) is 8.91. The van der Waals surface area contributed by atoms with Crippen LogP contribution in [0.2, 0.25) is 0 Å². The second-order valence-electron chi connectivity index (χ2n) is 6.53. The van der Waals surface area contributed by atoms with E-state index in [1.807, 2.05) is 68.4 Å². The van der Waals surface area contributed by atoms with Crippen LogP contribution >= 0.6 is 0 Å². The van der Waals surface area contributed by atoms with Crippen molar-refractivity contribution in [3.05, 3.63) is 76.8 Å². The van der Waals surface area contributed by atoms with E-state index in [9.17, 15) is 9.59 Å². The molecule has 136 valence electrons. The van der Waals surface area contributed by atoms with E-state index in [-0.39, 0.29) is 18.0 Å². The Bertz CT molecular complexity index is 1210. The van der Waals surface area contributed by atoms with E-state index < -0.39 is 0 Å². The van der Waals surface area contributed by atoms with Crippen LogP contribution in [0.1, 0.15) is 12.5 Å².